The maximum Gasteiger partial charge on any atom is 0.416 e. The minimum atomic E-state index is -4.60. The van der Waals surface area contributed by atoms with Gasteiger partial charge in [0.05, 0.1) is 23.8 Å². The Morgan fingerprint density at radius 1 is 1.33 bits per heavy atom. The molecule has 1 aromatic rings. The van der Waals surface area contributed by atoms with Crippen LogP contribution < -0.4 is 10.6 Å². The summed E-state index contributed by atoms with van der Waals surface area (Å²) in [5, 5.41) is 6.06. The van der Waals surface area contributed by atoms with E-state index in [0.717, 1.165) is 31.4 Å². The zero-order valence-corrected chi connectivity index (χ0v) is 13.2. The Labute approximate surface area is 137 Å². The molecule has 4 nitrogen and oxygen atoms in total. The van der Waals surface area contributed by atoms with Crippen LogP contribution in [-0.2, 0) is 17.5 Å². The van der Waals surface area contributed by atoms with Crippen molar-refractivity contribution in [3.63, 3.8) is 0 Å². The van der Waals surface area contributed by atoms with Crippen LogP contribution in [0.2, 0.25) is 0 Å². The standard InChI is InChI=1S/C16H19F4N3O/c1-21-15(23-13-7-11-4-5-14(13)24-11)22-8-9-2-3-10(17)6-12(9)16(18,19)20/h2-3,6,11,13-14H,4-5,7-8H2,1H3,(H2,21,22,23). The number of benzene rings is 1. The van der Waals surface area contributed by atoms with E-state index >= 15 is 0 Å². The molecule has 3 atom stereocenters. The fourth-order valence-corrected chi connectivity index (χ4v) is 3.31. The number of aliphatic imine (C=N–C) groups is 1. The van der Waals surface area contributed by atoms with Gasteiger partial charge in [0.15, 0.2) is 5.96 Å². The highest BCUT2D eigenvalue weighted by Gasteiger charge is 2.41. The van der Waals surface area contributed by atoms with Crippen molar-refractivity contribution in [1.82, 2.24) is 10.6 Å². The molecule has 0 radical (unpaired) electrons. The highest BCUT2D eigenvalue weighted by atomic mass is 19.4. The molecule has 2 heterocycles. The summed E-state index contributed by atoms with van der Waals surface area (Å²) in [6.07, 6.45) is -1.30. The van der Waals surface area contributed by atoms with E-state index < -0.39 is 17.6 Å². The number of rotatable bonds is 3. The second kappa shape index (κ2) is 6.58. The first kappa shape index (κ1) is 17.0. The van der Waals surface area contributed by atoms with E-state index in [9.17, 15) is 17.6 Å². The molecule has 24 heavy (non-hydrogen) atoms. The van der Waals surface area contributed by atoms with E-state index in [-0.39, 0.29) is 30.4 Å². The Morgan fingerprint density at radius 3 is 2.71 bits per heavy atom. The molecule has 0 aromatic heterocycles. The normalized spacial score (nSPS) is 26.7. The van der Waals surface area contributed by atoms with Crippen LogP contribution in [0.5, 0.6) is 0 Å². The number of hydrogen-bond acceptors (Lipinski definition) is 2. The van der Waals surface area contributed by atoms with Gasteiger partial charge in [-0.05, 0) is 37.0 Å². The molecule has 0 aliphatic carbocycles. The molecule has 0 saturated carbocycles. The lowest BCUT2D eigenvalue weighted by Crippen LogP contribution is -2.47. The quantitative estimate of drug-likeness (QED) is 0.503. The van der Waals surface area contributed by atoms with Crippen LogP contribution in [0.15, 0.2) is 23.2 Å². The third-order valence-electron chi connectivity index (χ3n) is 4.48. The van der Waals surface area contributed by atoms with Gasteiger partial charge in [-0.25, -0.2) is 4.39 Å². The Hall–Kier alpha value is -1.83. The molecule has 2 fully saturated rings. The smallest absolute Gasteiger partial charge is 0.373 e. The predicted octanol–water partition coefficient (Wildman–Crippen LogP) is 2.83. The van der Waals surface area contributed by atoms with Crippen LogP contribution in [0.1, 0.15) is 30.4 Å². The van der Waals surface area contributed by atoms with Crippen LogP contribution in [0.3, 0.4) is 0 Å². The first-order chi connectivity index (χ1) is 11.4. The SMILES string of the molecule is CN=C(NCc1ccc(F)cc1C(F)(F)F)NC1CC2CCC1O2. The van der Waals surface area contributed by atoms with Crippen molar-refractivity contribution in [3.8, 4) is 0 Å². The lowest BCUT2D eigenvalue weighted by Gasteiger charge is -2.23. The predicted molar refractivity (Wildman–Crippen MR) is 81.0 cm³/mol. The molecule has 132 valence electrons. The molecule has 0 spiro atoms. The van der Waals surface area contributed by atoms with Gasteiger partial charge in [-0.2, -0.15) is 13.2 Å². The van der Waals surface area contributed by atoms with Crippen LogP contribution in [0.25, 0.3) is 0 Å². The summed E-state index contributed by atoms with van der Waals surface area (Å²) >= 11 is 0. The minimum Gasteiger partial charge on any atom is -0.373 e. The Kier molecular flexibility index (Phi) is 4.67. The second-order valence-electron chi connectivity index (χ2n) is 6.09. The molecular formula is C16H19F4N3O. The van der Waals surface area contributed by atoms with Gasteiger partial charge >= 0.3 is 6.18 Å². The number of nitrogens with zero attached hydrogens (tertiary/aromatic N) is 1. The van der Waals surface area contributed by atoms with E-state index in [1.54, 1.807) is 7.05 Å². The summed E-state index contributed by atoms with van der Waals surface area (Å²) in [6, 6.07) is 2.78. The van der Waals surface area contributed by atoms with Crippen molar-refractivity contribution in [2.45, 2.75) is 50.2 Å². The van der Waals surface area contributed by atoms with Crippen LogP contribution in [0, 0.1) is 5.82 Å². The monoisotopic (exact) mass is 345 g/mol. The Balaban J connectivity index is 1.64. The van der Waals surface area contributed by atoms with Gasteiger partial charge in [-0.3, -0.25) is 4.99 Å². The summed E-state index contributed by atoms with van der Waals surface area (Å²) in [6.45, 7) is -0.101. The molecule has 0 amide bonds. The highest BCUT2D eigenvalue weighted by molar-refractivity contribution is 5.80. The molecule has 2 saturated heterocycles. The number of alkyl halides is 3. The molecule has 3 unspecified atom stereocenters. The zero-order valence-electron chi connectivity index (χ0n) is 13.2. The van der Waals surface area contributed by atoms with E-state index in [4.69, 9.17) is 4.74 Å². The lowest BCUT2D eigenvalue weighted by molar-refractivity contribution is -0.138. The lowest BCUT2D eigenvalue weighted by atomic mass is 9.96. The molecule has 1 aromatic carbocycles. The third-order valence-corrected chi connectivity index (χ3v) is 4.48. The largest absolute Gasteiger partial charge is 0.416 e. The zero-order chi connectivity index (χ0) is 17.3. The fraction of sp³-hybridized carbons (Fsp3) is 0.562. The van der Waals surface area contributed by atoms with E-state index in [2.05, 4.69) is 15.6 Å². The molecule has 3 rings (SSSR count). The van der Waals surface area contributed by atoms with Gasteiger partial charge in [-0.15, -0.1) is 0 Å². The molecule has 2 aliphatic rings. The number of ether oxygens (including phenoxy) is 1. The number of hydrogen-bond donors (Lipinski definition) is 2. The number of guanidine groups is 1. The fourth-order valence-electron chi connectivity index (χ4n) is 3.31. The Morgan fingerprint density at radius 2 is 2.12 bits per heavy atom. The van der Waals surface area contributed by atoms with Crippen molar-refractivity contribution in [2.75, 3.05) is 7.05 Å². The van der Waals surface area contributed by atoms with Crippen molar-refractivity contribution in [2.24, 2.45) is 4.99 Å². The average molecular weight is 345 g/mol. The molecule has 2 N–H and O–H groups in total. The molecule has 2 bridgehead atoms. The number of halogens is 4. The van der Waals surface area contributed by atoms with Gasteiger partial charge in [-0.1, -0.05) is 6.07 Å². The molecule has 8 heteroatoms. The summed E-state index contributed by atoms with van der Waals surface area (Å²) in [5.41, 5.74) is -1.01. The summed E-state index contributed by atoms with van der Waals surface area (Å²) < 4.78 is 57.9. The van der Waals surface area contributed by atoms with E-state index in [0.29, 0.717) is 12.0 Å². The van der Waals surface area contributed by atoms with E-state index in [1.807, 2.05) is 0 Å². The van der Waals surface area contributed by atoms with Crippen molar-refractivity contribution in [3.05, 3.63) is 35.1 Å². The van der Waals surface area contributed by atoms with Gasteiger partial charge < -0.3 is 15.4 Å². The van der Waals surface area contributed by atoms with E-state index in [1.165, 1.54) is 0 Å². The highest BCUT2D eigenvalue weighted by Crippen LogP contribution is 2.34. The third kappa shape index (κ3) is 3.63. The van der Waals surface area contributed by atoms with Crippen LogP contribution in [0.4, 0.5) is 17.6 Å². The van der Waals surface area contributed by atoms with Crippen molar-refractivity contribution >= 4 is 5.96 Å². The first-order valence-electron chi connectivity index (χ1n) is 7.85. The Bertz CT molecular complexity index is 632. The molecular weight excluding hydrogens is 326 g/mol. The first-order valence-corrected chi connectivity index (χ1v) is 7.85. The topological polar surface area (TPSA) is 45.7 Å². The van der Waals surface area contributed by atoms with Crippen molar-refractivity contribution < 1.29 is 22.3 Å². The summed E-state index contributed by atoms with van der Waals surface area (Å²) in [4.78, 5) is 4.04. The number of nitrogens with one attached hydrogen (secondary N) is 2. The van der Waals surface area contributed by atoms with Crippen LogP contribution >= 0.6 is 0 Å². The minimum absolute atomic E-state index is 0.0314. The maximum absolute atomic E-state index is 13.1. The van der Waals surface area contributed by atoms with Gasteiger partial charge in [0.1, 0.15) is 5.82 Å². The molecule has 2 aliphatic heterocycles. The van der Waals surface area contributed by atoms with Crippen molar-refractivity contribution in [1.29, 1.82) is 0 Å². The second-order valence-corrected chi connectivity index (χ2v) is 6.09. The van der Waals surface area contributed by atoms with Crippen LogP contribution in [-0.4, -0.2) is 31.3 Å². The summed E-state index contributed by atoms with van der Waals surface area (Å²) in [5.74, 6) is -0.499. The van der Waals surface area contributed by atoms with Gasteiger partial charge in [0, 0.05) is 13.6 Å². The maximum atomic E-state index is 13.1. The van der Waals surface area contributed by atoms with Gasteiger partial charge in [0.2, 0.25) is 0 Å². The number of fused-ring (bicyclic) bond motifs is 2. The average Bonchev–Trinajstić information content (AvgIpc) is 3.14. The summed E-state index contributed by atoms with van der Waals surface area (Å²) in [7, 11) is 1.55. The van der Waals surface area contributed by atoms with Gasteiger partial charge in [0.25, 0.3) is 0 Å².